The Kier molecular flexibility index (Phi) is 6.31. The number of aryl methyl sites for hydroxylation is 3. The van der Waals surface area contributed by atoms with Crippen LogP contribution in [0, 0.1) is 12.8 Å². The first kappa shape index (κ1) is 19.6. The highest BCUT2D eigenvalue weighted by molar-refractivity contribution is 7.14. The summed E-state index contributed by atoms with van der Waals surface area (Å²) in [6, 6.07) is 3.76. The Morgan fingerprint density at radius 3 is 2.63 bits per heavy atom. The molecule has 1 fully saturated rings. The van der Waals surface area contributed by atoms with Crippen LogP contribution in [0.25, 0.3) is 0 Å². The van der Waals surface area contributed by atoms with E-state index in [1.165, 1.54) is 10.4 Å². The van der Waals surface area contributed by atoms with Crippen LogP contribution in [-0.2, 0) is 17.6 Å². The molecule has 0 aliphatic carbocycles. The summed E-state index contributed by atoms with van der Waals surface area (Å²) in [4.78, 5) is 29.3. The van der Waals surface area contributed by atoms with Crippen molar-refractivity contribution in [1.29, 1.82) is 0 Å². The van der Waals surface area contributed by atoms with Crippen LogP contribution >= 0.6 is 11.3 Å². The second kappa shape index (κ2) is 8.69. The zero-order valence-electron chi connectivity index (χ0n) is 16.2. The zero-order chi connectivity index (χ0) is 19.4. The Morgan fingerprint density at radius 1 is 1.30 bits per heavy atom. The van der Waals surface area contributed by atoms with Gasteiger partial charge in [-0.05, 0) is 44.2 Å². The van der Waals surface area contributed by atoms with Gasteiger partial charge >= 0.3 is 0 Å². The van der Waals surface area contributed by atoms with Crippen LogP contribution in [0.3, 0.4) is 0 Å². The monoisotopic (exact) mass is 389 g/mol. The molecule has 1 aliphatic rings. The number of carbonyl (C=O) groups is 2. The summed E-state index contributed by atoms with van der Waals surface area (Å²) in [5.74, 6) is 1.06. The molecule has 0 bridgehead atoms. The number of rotatable bonds is 6. The molecule has 7 heteroatoms. The molecule has 6 nitrogen and oxygen atoms in total. The van der Waals surface area contributed by atoms with E-state index in [1.807, 2.05) is 4.90 Å². The molecule has 0 unspecified atom stereocenters. The average Bonchev–Trinajstić information content (AvgIpc) is 3.27. The highest BCUT2D eigenvalue weighted by Gasteiger charge is 2.29. The van der Waals surface area contributed by atoms with Crippen LogP contribution in [0.2, 0.25) is 0 Å². The molecule has 27 heavy (non-hydrogen) atoms. The second-order valence-electron chi connectivity index (χ2n) is 7.04. The number of carbonyl (C=O) groups excluding carboxylic acids is 2. The van der Waals surface area contributed by atoms with Gasteiger partial charge in [0.1, 0.15) is 5.76 Å². The summed E-state index contributed by atoms with van der Waals surface area (Å²) in [5, 5.41) is 6.59. The molecule has 2 aromatic rings. The van der Waals surface area contributed by atoms with Crippen LogP contribution in [0.5, 0.6) is 0 Å². The van der Waals surface area contributed by atoms with Crippen LogP contribution in [0.4, 0.5) is 5.82 Å². The summed E-state index contributed by atoms with van der Waals surface area (Å²) >= 11 is 1.63. The Morgan fingerprint density at radius 2 is 2.04 bits per heavy atom. The molecule has 3 rings (SSSR count). The lowest BCUT2D eigenvalue weighted by Gasteiger charge is -2.30. The van der Waals surface area contributed by atoms with Crippen LogP contribution in [-0.4, -0.2) is 35.0 Å². The van der Waals surface area contributed by atoms with E-state index in [2.05, 4.69) is 30.4 Å². The molecule has 3 heterocycles. The van der Waals surface area contributed by atoms with Gasteiger partial charge in [-0.25, -0.2) is 0 Å². The maximum absolute atomic E-state index is 12.9. The molecule has 146 valence electrons. The molecular weight excluding hydrogens is 362 g/mol. The predicted octanol–water partition coefficient (Wildman–Crippen LogP) is 4.05. The van der Waals surface area contributed by atoms with Gasteiger partial charge in [0.05, 0.1) is 4.88 Å². The summed E-state index contributed by atoms with van der Waals surface area (Å²) < 4.78 is 4.97. The number of nitrogens with one attached hydrogen (secondary N) is 1. The van der Waals surface area contributed by atoms with Crippen molar-refractivity contribution >= 4 is 29.0 Å². The Hall–Kier alpha value is -2.15. The van der Waals surface area contributed by atoms with E-state index in [-0.39, 0.29) is 17.7 Å². The lowest BCUT2D eigenvalue weighted by Crippen LogP contribution is -2.41. The quantitative estimate of drug-likeness (QED) is 0.809. The van der Waals surface area contributed by atoms with Gasteiger partial charge in [0.2, 0.25) is 5.91 Å². The third kappa shape index (κ3) is 4.58. The normalized spacial score (nSPS) is 15.1. The number of hydrogen-bond donors (Lipinski definition) is 1. The first-order chi connectivity index (χ1) is 13.0. The van der Waals surface area contributed by atoms with Gasteiger partial charge in [0.15, 0.2) is 5.82 Å². The molecule has 0 radical (unpaired) electrons. The SMILES string of the molecule is CCCc1sc(C(=O)N2CCC(C(=O)Nc3cc(C)on3)CC2)cc1CC. The topological polar surface area (TPSA) is 75.4 Å². The number of amides is 2. The second-order valence-corrected chi connectivity index (χ2v) is 8.18. The fourth-order valence-corrected chi connectivity index (χ4v) is 4.79. The van der Waals surface area contributed by atoms with Gasteiger partial charge in [-0.15, -0.1) is 11.3 Å². The smallest absolute Gasteiger partial charge is 0.263 e. The Bertz CT molecular complexity index is 803. The van der Waals surface area contributed by atoms with Crippen molar-refractivity contribution in [2.75, 3.05) is 18.4 Å². The van der Waals surface area contributed by atoms with E-state index in [1.54, 1.807) is 24.3 Å². The molecule has 0 saturated carbocycles. The van der Waals surface area contributed by atoms with E-state index in [0.29, 0.717) is 37.5 Å². The molecule has 2 amide bonds. The first-order valence-corrected chi connectivity index (χ1v) is 10.5. The van der Waals surface area contributed by atoms with Gasteiger partial charge in [-0.3, -0.25) is 9.59 Å². The minimum Gasteiger partial charge on any atom is -0.360 e. The van der Waals surface area contributed by atoms with E-state index >= 15 is 0 Å². The van der Waals surface area contributed by atoms with E-state index in [0.717, 1.165) is 24.1 Å². The molecule has 0 spiro atoms. The van der Waals surface area contributed by atoms with Crippen molar-refractivity contribution in [3.05, 3.63) is 33.2 Å². The number of hydrogen-bond acceptors (Lipinski definition) is 5. The van der Waals surface area contributed by atoms with E-state index in [4.69, 9.17) is 4.52 Å². The van der Waals surface area contributed by atoms with Gasteiger partial charge in [0.25, 0.3) is 5.91 Å². The molecular formula is C20H27N3O3S. The van der Waals surface area contributed by atoms with Gasteiger partial charge in [-0.2, -0.15) is 0 Å². The largest absolute Gasteiger partial charge is 0.360 e. The average molecular weight is 390 g/mol. The molecule has 1 saturated heterocycles. The highest BCUT2D eigenvalue weighted by atomic mass is 32.1. The first-order valence-electron chi connectivity index (χ1n) is 9.66. The summed E-state index contributed by atoms with van der Waals surface area (Å²) in [7, 11) is 0. The van der Waals surface area contributed by atoms with Crippen molar-refractivity contribution in [3.8, 4) is 0 Å². The molecule has 1 N–H and O–H groups in total. The predicted molar refractivity (Wildman–Crippen MR) is 106 cm³/mol. The minimum atomic E-state index is -0.101. The van der Waals surface area contributed by atoms with Crippen molar-refractivity contribution in [2.45, 2.75) is 52.9 Å². The van der Waals surface area contributed by atoms with Crippen molar-refractivity contribution in [1.82, 2.24) is 10.1 Å². The number of nitrogens with zero attached hydrogens (tertiary/aromatic N) is 2. The number of likely N-dealkylation sites (tertiary alicyclic amines) is 1. The minimum absolute atomic E-state index is 0.0509. The van der Waals surface area contributed by atoms with Crippen molar-refractivity contribution in [3.63, 3.8) is 0 Å². The summed E-state index contributed by atoms with van der Waals surface area (Å²) in [6.07, 6.45) is 4.42. The standard InChI is InChI=1S/C20H27N3O3S/c1-4-6-16-14(5-2)12-17(27-16)20(25)23-9-7-15(8-10-23)19(24)21-18-11-13(3)26-22-18/h11-12,15H,4-10H2,1-3H3,(H,21,22,24). The maximum Gasteiger partial charge on any atom is 0.263 e. The van der Waals surface area contributed by atoms with Gasteiger partial charge < -0.3 is 14.7 Å². The number of thiophene rings is 1. The van der Waals surface area contributed by atoms with Crippen LogP contribution in [0.15, 0.2) is 16.7 Å². The number of aromatic nitrogens is 1. The molecule has 0 atom stereocenters. The lowest BCUT2D eigenvalue weighted by atomic mass is 9.95. The zero-order valence-corrected chi connectivity index (χ0v) is 17.0. The maximum atomic E-state index is 12.9. The Labute approximate surface area is 163 Å². The lowest BCUT2D eigenvalue weighted by molar-refractivity contribution is -0.121. The van der Waals surface area contributed by atoms with Crippen LogP contribution < -0.4 is 5.32 Å². The molecule has 0 aromatic carbocycles. The highest BCUT2D eigenvalue weighted by Crippen LogP contribution is 2.28. The fraction of sp³-hybridized carbons (Fsp3) is 0.550. The third-order valence-electron chi connectivity index (χ3n) is 5.00. The van der Waals surface area contributed by atoms with Gasteiger partial charge in [-0.1, -0.05) is 25.4 Å². The Balaban J connectivity index is 1.56. The van der Waals surface area contributed by atoms with Crippen molar-refractivity contribution in [2.24, 2.45) is 5.92 Å². The molecule has 1 aliphatic heterocycles. The molecule has 2 aromatic heterocycles. The van der Waals surface area contributed by atoms with Crippen molar-refractivity contribution < 1.29 is 14.1 Å². The summed E-state index contributed by atoms with van der Waals surface area (Å²) in [6.45, 7) is 7.30. The van der Waals surface area contributed by atoms with E-state index in [9.17, 15) is 9.59 Å². The fourth-order valence-electron chi connectivity index (χ4n) is 3.46. The van der Waals surface area contributed by atoms with Crippen LogP contribution in [0.1, 0.15) is 59.0 Å². The number of piperidine rings is 1. The summed E-state index contributed by atoms with van der Waals surface area (Å²) in [5.41, 5.74) is 1.29. The number of anilines is 1. The van der Waals surface area contributed by atoms with E-state index < -0.39 is 0 Å². The third-order valence-corrected chi connectivity index (χ3v) is 6.22. The van der Waals surface area contributed by atoms with Gasteiger partial charge in [0, 0.05) is 30.0 Å².